The van der Waals surface area contributed by atoms with Crippen molar-refractivity contribution in [1.29, 1.82) is 0 Å². The Kier molecular flexibility index (Phi) is 2.80. The van der Waals surface area contributed by atoms with Crippen LogP contribution in [-0.4, -0.2) is 23.0 Å². The van der Waals surface area contributed by atoms with Crippen LogP contribution < -0.4 is 0 Å². The van der Waals surface area contributed by atoms with E-state index in [9.17, 15) is 5.11 Å². The Morgan fingerprint density at radius 3 is 2.50 bits per heavy atom. The number of rotatable bonds is 2. The number of hydrogen-bond donors (Lipinski definition) is 1. The minimum Gasteiger partial charge on any atom is -0.392 e. The second-order valence-corrected chi connectivity index (χ2v) is 5.88. The standard InChI is InChI=1S/C12H17NO2S/c1-7-8(2)11(16-9(7)3)10-5-12(4,6-14)15-13-10/h14H,5-6H2,1-4H3. The van der Waals surface area contributed by atoms with Gasteiger partial charge in [0.2, 0.25) is 0 Å². The molecule has 0 fully saturated rings. The lowest BCUT2D eigenvalue weighted by molar-refractivity contribution is -0.0428. The van der Waals surface area contributed by atoms with Crippen LogP contribution in [0.1, 0.15) is 34.2 Å². The van der Waals surface area contributed by atoms with Crippen LogP contribution in [0.5, 0.6) is 0 Å². The zero-order valence-corrected chi connectivity index (χ0v) is 10.9. The summed E-state index contributed by atoms with van der Waals surface area (Å²) in [4.78, 5) is 7.83. The van der Waals surface area contributed by atoms with E-state index in [1.807, 2.05) is 6.92 Å². The summed E-state index contributed by atoms with van der Waals surface area (Å²) in [7, 11) is 0. The minimum atomic E-state index is -0.534. The zero-order valence-electron chi connectivity index (χ0n) is 10.1. The molecule has 1 atom stereocenters. The molecule has 0 aliphatic carbocycles. The van der Waals surface area contributed by atoms with Gasteiger partial charge in [-0.25, -0.2) is 0 Å². The molecule has 1 N–H and O–H groups in total. The number of aliphatic hydroxyl groups is 1. The van der Waals surface area contributed by atoms with E-state index in [4.69, 9.17) is 4.84 Å². The maximum Gasteiger partial charge on any atom is 0.163 e. The largest absolute Gasteiger partial charge is 0.392 e. The number of thiophene rings is 1. The third kappa shape index (κ3) is 1.76. The predicted octanol–water partition coefficient (Wildman–Crippen LogP) is 2.55. The molecule has 0 aromatic carbocycles. The molecule has 3 nitrogen and oxygen atoms in total. The molecule has 2 heterocycles. The highest BCUT2D eigenvalue weighted by Crippen LogP contribution is 2.33. The van der Waals surface area contributed by atoms with E-state index in [0.717, 1.165) is 5.71 Å². The van der Waals surface area contributed by atoms with Gasteiger partial charge in [-0.05, 0) is 38.8 Å². The summed E-state index contributed by atoms with van der Waals surface area (Å²) in [6.45, 7) is 8.25. The molecular weight excluding hydrogens is 222 g/mol. The van der Waals surface area contributed by atoms with Crippen LogP contribution in [0.2, 0.25) is 0 Å². The fourth-order valence-electron chi connectivity index (χ4n) is 1.81. The van der Waals surface area contributed by atoms with Crippen LogP contribution in [0, 0.1) is 20.8 Å². The molecule has 16 heavy (non-hydrogen) atoms. The summed E-state index contributed by atoms with van der Waals surface area (Å²) in [6.07, 6.45) is 0.684. The lowest BCUT2D eigenvalue weighted by Gasteiger charge is -2.17. The summed E-state index contributed by atoms with van der Waals surface area (Å²) in [6, 6.07) is 0. The number of nitrogens with zero attached hydrogens (tertiary/aromatic N) is 1. The quantitative estimate of drug-likeness (QED) is 0.861. The Morgan fingerprint density at radius 1 is 1.38 bits per heavy atom. The van der Waals surface area contributed by atoms with Gasteiger partial charge in [-0.15, -0.1) is 11.3 Å². The van der Waals surface area contributed by atoms with E-state index in [-0.39, 0.29) is 6.61 Å². The number of aryl methyl sites for hydroxylation is 1. The Balaban J connectivity index is 2.31. The van der Waals surface area contributed by atoms with Gasteiger partial charge in [0.25, 0.3) is 0 Å². The topological polar surface area (TPSA) is 41.8 Å². The molecule has 4 heteroatoms. The fourth-order valence-corrected chi connectivity index (χ4v) is 2.95. The molecule has 0 amide bonds. The van der Waals surface area contributed by atoms with Crippen LogP contribution in [0.25, 0.3) is 0 Å². The van der Waals surface area contributed by atoms with Gasteiger partial charge in [-0.1, -0.05) is 5.16 Å². The molecule has 1 aromatic heterocycles. The van der Waals surface area contributed by atoms with E-state index in [1.165, 1.54) is 20.9 Å². The first kappa shape index (κ1) is 11.6. The van der Waals surface area contributed by atoms with E-state index in [0.29, 0.717) is 6.42 Å². The highest BCUT2D eigenvalue weighted by molar-refractivity contribution is 7.14. The third-order valence-electron chi connectivity index (χ3n) is 3.20. The monoisotopic (exact) mass is 239 g/mol. The van der Waals surface area contributed by atoms with Crippen molar-refractivity contribution in [2.24, 2.45) is 5.16 Å². The van der Waals surface area contributed by atoms with Crippen molar-refractivity contribution in [2.75, 3.05) is 6.61 Å². The molecule has 88 valence electrons. The number of hydrogen-bond acceptors (Lipinski definition) is 4. The summed E-state index contributed by atoms with van der Waals surface area (Å²) in [5, 5.41) is 13.3. The van der Waals surface area contributed by atoms with Gasteiger partial charge >= 0.3 is 0 Å². The van der Waals surface area contributed by atoms with Crippen LogP contribution in [0.3, 0.4) is 0 Å². The highest BCUT2D eigenvalue weighted by atomic mass is 32.1. The molecular formula is C12H17NO2S. The second-order valence-electron chi connectivity index (χ2n) is 4.65. The molecule has 2 rings (SSSR count). The zero-order chi connectivity index (χ0) is 11.9. The average Bonchev–Trinajstić information content (AvgIpc) is 2.76. The highest BCUT2D eigenvalue weighted by Gasteiger charge is 2.35. The molecule has 1 unspecified atom stereocenters. The first-order chi connectivity index (χ1) is 7.47. The van der Waals surface area contributed by atoms with Gasteiger partial charge < -0.3 is 9.94 Å². The van der Waals surface area contributed by atoms with Crippen molar-refractivity contribution in [3.05, 3.63) is 20.9 Å². The van der Waals surface area contributed by atoms with Crippen molar-refractivity contribution < 1.29 is 9.94 Å². The van der Waals surface area contributed by atoms with E-state index < -0.39 is 5.60 Å². The smallest absolute Gasteiger partial charge is 0.163 e. The van der Waals surface area contributed by atoms with Gasteiger partial charge in [-0.3, -0.25) is 0 Å². The Morgan fingerprint density at radius 2 is 2.06 bits per heavy atom. The van der Waals surface area contributed by atoms with Gasteiger partial charge in [0.1, 0.15) is 5.71 Å². The van der Waals surface area contributed by atoms with Crippen molar-refractivity contribution in [1.82, 2.24) is 0 Å². The molecule has 1 aliphatic heterocycles. The summed E-state index contributed by atoms with van der Waals surface area (Å²) in [5.41, 5.74) is 3.05. The van der Waals surface area contributed by atoms with Crippen LogP contribution in [0.4, 0.5) is 0 Å². The number of aliphatic hydroxyl groups excluding tert-OH is 1. The van der Waals surface area contributed by atoms with Gasteiger partial charge in [0.15, 0.2) is 5.60 Å². The van der Waals surface area contributed by atoms with Crippen molar-refractivity contribution in [3.8, 4) is 0 Å². The van der Waals surface area contributed by atoms with Crippen molar-refractivity contribution in [3.63, 3.8) is 0 Å². The second kappa shape index (κ2) is 3.86. The average molecular weight is 239 g/mol. The Bertz CT molecular complexity index is 450. The maximum absolute atomic E-state index is 9.22. The summed E-state index contributed by atoms with van der Waals surface area (Å²) >= 11 is 1.76. The van der Waals surface area contributed by atoms with Crippen molar-refractivity contribution in [2.45, 2.75) is 39.7 Å². The van der Waals surface area contributed by atoms with Gasteiger partial charge in [0, 0.05) is 11.3 Å². The Hall–Kier alpha value is -0.870. The molecule has 0 radical (unpaired) electrons. The number of oxime groups is 1. The molecule has 1 aromatic rings. The van der Waals surface area contributed by atoms with Gasteiger partial charge in [-0.2, -0.15) is 0 Å². The maximum atomic E-state index is 9.22. The first-order valence-corrected chi connectivity index (χ1v) is 6.21. The van der Waals surface area contributed by atoms with Crippen LogP contribution in [0.15, 0.2) is 5.16 Å². The normalized spacial score (nSPS) is 24.4. The molecule has 0 saturated carbocycles. The van der Waals surface area contributed by atoms with E-state index in [2.05, 4.69) is 25.9 Å². The lowest BCUT2D eigenvalue weighted by atomic mass is 9.98. The van der Waals surface area contributed by atoms with Gasteiger partial charge in [0.05, 0.1) is 11.5 Å². The molecule has 0 saturated heterocycles. The van der Waals surface area contributed by atoms with Crippen LogP contribution >= 0.6 is 11.3 Å². The lowest BCUT2D eigenvalue weighted by Crippen LogP contribution is -2.29. The van der Waals surface area contributed by atoms with Crippen molar-refractivity contribution >= 4 is 17.0 Å². The Labute approximate surface area is 99.7 Å². The van der Waals surface area contributed by atoms with E-state index in [1.54, 1.807) is 11.3 Å². The minimum absolute atomic E-state index is 0.00237. The summed E-state index contributed by atoms with van der Waals surface area (Å²) < 4.78 is 0. The predicted molar refractivity (Wildman–Crippen MR) is 66.3 cm³/mol. The first-order valence-electron chi connectivity index (χ1n) is 5.40. The summed E-state index contributed by atoms with van der Waals surface area (Å²) in [5.74, 6) is 0. The van der Waals surface area contributed by atoms with Crippen LogP contribution in [-0.2, 0) is 4.84 Å². The van der Waals surface area contributed by atoms with E-state index >= 15 is 0 Å². The fraction of sp³-hybridized carbons (Fsp3) is 0.583. The SMILES string of the molecule is Cc1sc(C2=NOC(C)(CO)C2)c(C)c1C. The molecule has 0 spiro atoms. The third-order valence-corrected chi connectivity index (χ3v) is 4.56. The molecule has 0 bridgehead atoms. The molecule has 1 aliphatic rings.